The Hall–Kier alpha value is -0.820. The molecule has 56 valence electrons. The molecule has 0 fully saturated rings. The van der Waals surface area contributed by atoms with Gasteiger partial charge in [-0.2, -0.15) is 0 Å². The Bertz CT molecular complexity index is 141. The molecule has 0 aromatic heterocycles. The minimum absolute atomic E-state index is 0.352. The van der Waals surface area contributed by atoms with Crippen LogP contribution in [0.2, 0.25) is 0 Å². The number of hydrogen-bond donors (Lipinski definition) is 1. The van der Waals surface area contributed by atoms with Crippen molar-refractivity contribution < 1.29 is 5.11 Å². The van der Waals surface area contributed by atoms with Gasteiger partial charge in [0.2, 0.25) is 0 Å². The Morgan fingerprint density at radius 2 is 1.70 bits per heavy atom. The van der Waals surface area contributed by atoms with Crippen molar-refractivity contribution in [3.8, 4) is 0 Å². The van der Waals surface area contributed by atoms with Crippen LogP contribution in [0.3, 0.4) is 0 Å². The Morgan fingerprint density at radius 3 is 2.20 bits per heavy atom. The molecule has 0 radical (unpaired) electrons. The fourth-order valence-electron chi connectivity index (χ4n) is 0.464. The summed E-state index contributed by atoms with van der Waals surface area (Å²) in [6, 6.07) is 0. The fraction of sp³-hybridized carbons (Fsp3) is 0.333. The first-order valence-corrected chi connectivity index (χ1v) is 3.41. The number of hydrogen-bond acceptors (Lipinski definition) is 1. The zero-order valence-corrected chi connectivity index (χ0v) is 6.49. The maximum Gasteiger partial charge on any atom is 0.0695 e. The van der Waals surface area contributed by atoms with Gasteiger partial charge in [-0.15, -0.1) is 0 Å². The zero-order valence-electron chi connectivity index (χ0n) is 6.49. The third kappa shape index (κ3) is 7.18. The molecule has 0 aliphatic carbocycles. The molecule has 0 heterocycles. The second kappa shape index (κ2) is 6.30. The normalized spacial score (nSPS) is 15.9. The van der Waals surface area contributed by atoms with Gasteiger partial charge in [0, 0.05) is 0 Å². The van der Waals surface area contributed by atoms with Crippen molar-refractivity contribution in [2.75, 3.05) is 0 Å². The number of aliphatic hydroxyl groups excluding tert-OH is 1. The first-order valence-electron chi connectivity index (χ1n) is 3.41. The predicted octanol–water partition coefficient (Wildman–Crippen LogP) is 2.06. The summed E-state index contributed by atoms with van der Waals surface area (Å²) in [7, 11) is 0. The van der Waals surface area contributed by atoms with E-state index in [9.17, 15) is 0 Å². The molecule has 1 N–H and O–H groups in total. The SMILES string of the molecule is C/C=C/C=C/C=C/C(C)O. The third-order valence-corrected chi connectivity index (χ3v) is 0.915. The molecule has 0 aliphatic heterocycles. The molecule has 0 amide bonds. The van der Waals surface area contributed by atoms with Crippen molar-refractivity contribution in [2.24, 2.45) is 0 Å². The summed E-state index contributed by atoms with van der Waals surface area (Å²) in [5.41, 5.74) is 0. The maximum absolute atomic E-state index is 8.77. The van der Waals surface area contributed by atoms with Crippen LogP contribution in [0.1, 0.15) is 13.8 Å². The Labute approximate surface area is 62.4 Å². The van der Waals surface area contributed by atoms with Gasteiger partial charge in [-0.05, 0) is 13.8 Å². The van der Waals surface area contributed by atoms with Crippen LogP contribution in [0.15, 0.2) is 36.5 Å². The lowest BCUT2D eigenvalue weighted by atomic mass is 10.3. The van der Waals surface area contributed by atoms with Crippen LogP contribution in [0.5, 0.6) is 0 Å². The summed E-state index contributed by atoms with van der Waals surface area (Å²) >= 11 is 0. The van der Waals surface area contributed by atoms with Crippen molar-refractivity contribution in [2.45, 2.75) is 20.0 Å². The highest BCUT2D eigenvalue weighted by Gasteiger charge is 1.79. The predicted molar refractivity (Wildman–Crippen MR) is 44.8 cm³/mol. The molecular weight excluding hydrogens is 124 g/mol. The van der Waals surface area contributed by atoms with E-state index >= 15 is 0 Å². The van der Waals surface area contributed by atoms with Crippen LogP contribution in [-0.4, -0.2) is 11.2 Å². The highest BCUT2D eigenvalue weighted by molar-refractivity contribution is 5.11. The van der Waals surface area contributed by atoms with Crippen LogP contribution in [-0.2, 0) is 0 Å². The van der Waals surface area contributed by atoms with Gasteiger partial charge in [0.25, 0.3) is 0 Å². The largest absolute Gasteiger partial charge is 0.389 e. The zero-order chi connectivity index (χ0) is 7.82. The minimum atomic E-state index is -0.352. The molecule has 0 spiro atoms. The summed E-state index contributed by atoms with van der Waals surface area (Å²) < 4.78 is 0. The van der Waals surface area contributed by atoms with Crippen LogP contribution in [0.4, 0.5) is 0 Å². The van der Waals surface area contributed by atoms with Gasteiger partial charge in [-0.25, -0.2) is 0 Å². The summed E-state index contributed by atoms with van der Waals surface area (Å²) in [5, 5.41) is 8.77. The highest BCUT2D eigenvalue weighted by Crippen LogP contribution is 1.84. The smallest absolute Gasteiger partial charge is 0.0695 e. The topological polar surface area (TPSA) is 20.2 Å². The van der Waals surface area contributed by atoms with Gasteiger partial charge in [0.1, 0.15) is 0 Å². The van der Waals surface area contributed by atoms with Crippen molar-refractivity contribution in [1.82, 2.24) is 0 Å². The molecule has 1 heteroatoms. The quantitative estimate of drug-likeness (QED) is 0.592. The Morgan fingerprint density at radius 1 is 1.10 bits per heavy atom. The average molecular weight is 138 g/mol. The van der Waals surface area contributed by atoms with E-state index in [-0.39, 0.29) is 6.10 Å². The molecule has 0 bridgehead atoms. The second-order valence-electron chi connectivity index (χ2n) is 2.04. The van der Waals surface area contributed by atoms with Crippen molar-refractivity contribution in [3.05, 3.63) is 36.5 Å². The molecule has 0 saturated heterocycles. The molecule has 0 saturated carbocycles. The van der Waals surface area contributed by atoms with Crippen LogP contribution < -0.4 is 0 Å². The summed E-state index contributed by atoms with van der Waals surface area (Å²) in [5.74, 6) is 0. The fourth-order valence-corrected chi connectivity index (χ4v) is 0.464. The van der Waals surface area contributed by atoms with Crippen LogP contribution >= 0.6 is 0 Å². The van der Waals surface area contributed by atoms with Gasteiger partial charge in [0.05, 0.1) is 6.10 Å². The molecule has 1 nitrogen and oxygen atoms in total. The molecule has 1 unspecified atom stereocenters. The van der Waals surface area contributed by atoms with E-state index in [0.29, 0.717) is 0 Å². The van der Waals surface area contributed by atoms with Gasteiger partial charge < -0.3 is 5.11 Å². The Kier molecular flexibility index (Phi) is 5.79. The summed E-state index contributed by atoms with van der Waals surface area (Å²) in [6.07, 6.45) is 10.9. The van der Waals surface area contributed by atoms with Gasteiger partial charge in [0.15, 0.2) is 0 Å². The second-order valence-corrected chi connectivity index (χ2v) is 2.04. The van der Waals surface area contributed by atoms with E-state index in [2.05, 4.69) is 0 Å². The van der Waals surface area contributed by atoms with Gasteiger partial charge >= 0.3 is 0 Å². The van der Waals surface area contributed by atoms with E-state index in [1.807, 2.05) is 37.3 Å². The first kappa shape index (κ1) is 9.18. The highest BCUT2D eigenvalue weighted by atomic mass is 16.3. The maximum atomic E-state index is 8.77. The van der Waals surface area contributed by atoms with E-state index in [1.54, 1.807) is 13.0 Å². The minimum Gasteiger partial charge on any atom is -0.389 e. The molecule has 0 aliphatic rings. The summed E-state index contributed by atoms with van der Waals surface area (Å²) in [6.45, 7) is 3.68. The van der Waals surface area contributed by atoms with Crippen LogP contribution in [0, 0.1) is 0 Å². The molecule has 0 rings (SSSR count). The number of allylic oxidation sites excluding steroid dienone is 5. The lowest BCUT2D eigenvalue weighted by Crippen LogP contribution is -1.90. The Balaban J connectivity index is 3.51. The first-order chi connectivity index (χ1) is 4.77. The third-order valence-electron chi connectivity index (χ3n) is 0.915. The van der Waals surface area contributed by atoms with E-state index in [4.69, 9.17) is 5.11 Å². The van der Waals surface area contributed by atoms with Gasteiger partial charge in [-0.1, -0.05) is 36.5 Å². The van der Waals surface area contributed by atoms with E-state index in [1.165, 1.54) is 0 Å². The molecule has 0 aromatic rings. The monoisotopic (exact) mass is 138 g/mol. The van der Waals surface area contributed by atoms with E-state index in [0.717, 1.165) is 0 Å². The molecule has 10 heavy (non-hydrogen) atoms. The van der Waals surface area contributed by atoms with Gasteiger partial charge in [-0.3, -0.25) is 0 Å². The van der Waals surface area contributed by atoms with Crippen molar-refractivity contribution >= 4 is 0 Å². The van der Waals surface area contributed by atoms with Crippen molar-refractivity contribution in [3.63, 3.8) is 0 Å². The summed E-state index contributed by atoms with van der Waals surface area (Å²) in [4.78, 5) is 0. The number of aliphatic hydroxyl groups is 1. The lowest BCUT2D eigenvalue weighted by molar-refractivity contribution is 0.244. The van der Waals surface area contributed by atoms with Crippen LogP contribution in [0.25, 0.3) is 0 Å². The average Bonchev–Trinajstić information content (AvgIpc) is 1.87. The standard InChI is InChI=1S/C9H14O/c1-3-4-5-6-7-8-9(2)10/h3-10H,1-2H3/b4-3+,6-5+,8-7+. The van der Waals surface area contributed by atoms with Crippen molar-refractivity contribution in [1.29, 1.82) is 0 Å². The molecule has 1 atom stereocenters. The molecule has 0 aromatic carbocycles. The molecular formula is C9H14O. The van der Waals surface area contributed by atoms with E-state index < -0.39 is 0 Å². The number of rotatable bonds is 3. The lowest BCUT2D eigenvalue weighted by Gasteiger charge is -1.88.